The van der Waals surface area contributed by atoms with Crippen molar-refractivity contribution in [2.24, 2.45) is 5.41 Å². The Morgan fingerprint density at radius 2 is 1.64 bits per heavy atom. The Hall–Kier alpha value is -4.34. The highest BCUT2D eigenvalue weighted by molar-refractivity contribution is 7.18. The van der Waals surface area contributed by atoms with E-state index in [0.717, 1.165) is 29.0 Å². The van der Waals surface area contributed by atoms with Gasteiger partial charge in [-0.2, -0.15) is 13.2 Å². The summed E-state index contributed by atoms with van der Waals surface area (Å²) >= 11 is 15.5. The fraction of sp³-hybridized carbons (Fsp3) is 0.375. The van der Waals surface area contributed by atoms with E-state index in [1.807, 2.05) is 6.07 Å². The largest absolute Gasteiger partial charge is 0.481 e. The monoisotopic (exact) mass is 823 g/mol. The number of carboxylic acids is 1. The molecule has 5 aromatic rings. The van der Waals surface area contributed by atoms with E-state index < -0.39 is 23.3 Å². The molecule has 56 heavy (non-hydrogen) atoms. The highest BCUT2D eigenvalue weighted by Gasteiger charge is 2.52. The zero-order valence-electron chi connectivity index (χ0n) is 30.0. The van der Waals surface area contributed by atoms with Crippen LogP contribution in [0.15, 0.2) is 60.8 Å². The van der Waals surface area contributed by atoms with Crippen LogP contribution in [0, 0.1) is 5.41 Å². The number of fused-ring (bicyclic) bond motifs is 4. The lowest BCUT2D eigenvalue weighted by Gasteiger charge is -2.51. The smallest absolute Gasteiger partial charge is 0.433 e. The van der Waals surface area contributed by atoms with Gasteiger partial charge in [-0.25, -0.2) is 15.0 Å². The van der Waals surface area contributed by atoms with Gasteiger partial charge in [0.1, 0.15) is 16.2 Å². The summed E-state index contributed by atoms with van der Waals surface area (Å²) in [5.74, 6) is -0.227. The summed E-state index contributed by atoms with van der Waals surface area (Å²) in [5, 5.41) is 24.0. The second-order valence-electron chi connectivity index (χ2n) is 14.9. The van der Waals surface area contributed by atoms with Crippen molar-refractivity contribution in [2.45, 2.75) is 82.2 Å². The Balaban J connectivity index is 1.01. The van der Waals surface area contributed by atoms with Crippen molar-refractivity contribution < 1.29 is 27.9 Å². The van der Waals surface area contributed by atoms with Crippen molar-refractivity contribution >= 4 is 68.1 Å². The van der Waals surface area contributed by atoms with Gasteiger partial charge >= 0.3 is 12.1 Å². The number of carbonyl (C=O) groups is 2. The number of hydrogen-bond acceptors (Lipinski definition) is 9. The Bertz CT molecular complexity index is 2310. The molecule has 4 heterocycles. The number of amides is 1. The van der Waals surface area contributed by atoms with Crippen LogP contribution in [0.3, 0.4) is 0 Å². The van der Waals surface area contributed by atoms with Gasteiger partial charge in [-0.15, -0.1) is 11.3 Å². The predicted octanol–water partition coefficient (Wildman–Crippen LogP) is 9.12. The molecule has 2 bridgehead atoms. The van der Waals surface area contributed by atoms with Crippen LogP contribution >= 0.6 is 34.5 Å². The van der Waals surface area contributed by atoms with Gasteiger partial charge in [-0.1, -0.05) is 59.6 Å². The molecule has 1 amide bonds. The summed E-state index contributed by atoms with van der Waals surface area (Å²) in [5.41, 5.74) is 0.987. The van der Waals surface area contributed by atoms with Gasteiger partial charge in [-0.3, -0.25) is 9.59 Å². The minimum atomic E-state index is -4.71. The molecular weight excluding hydrogens is 786 g/mol. The predicted molar refractivity (Wildman–Crippen MR) is 211 cm³/mol. The third-order valence-corrected chi connectivity index (χ3v) is 13.4. The van der Waals surface area contributed by atoms with E-state index >= 15 is 0 Å². The molecule has 5 N–H and O–H groups in total. The molecule has 1 atom stereocenters. The minimum Gasteiger partial charge on any atom is -0.481 e. The van der Waals surface area contributed by atoms with Crippen molar-refractivity contribution in [2.75, 3.05) is 11.9 Å². The van der Waals surface area contributed by atoms with Gasteiger partial charge in [0.15, 0.2) is 5.82 Å². The van der Waals surface area contributed by atoms with Crippen LogP contribution in [0.25, 0.3) is 32.6 Å². The van der Waals surface area contributed by atoms with E-state index in [1.54, 1.807) is 53.9 Å². The number of halogens is 5. The van der Waals surface area contributed by atoms with Crippen LogP contribution in [0.2, 0.25) is 10.0 Å². The van der Waals surface area contributed by atoms with E-state index in [0.29, 0.717) is 83.9 Å². The first kappa shape index (κ1) is 38.5. The molecule has 292 valence electrons. The highest BCUT2D eigenvalue weighted by atomic mass is 35.5. The summed E-state index contributed by atoms with van der Waals surface area (Å²) in [7, 11) is 0. The number of alkyl halides is 3. The van der Waals surface area contributed by atoms with Crippen LogP contribution < -0.4 is 21.3 Å². The van der Waals surface area contributed by atoms with Crippen molar-refractivity contribution in [1.29, 1.82) is 0 Å². The number of hydrogen-bond donors (Lipinski definition) is 5. The highest BCUT2D eigenvalue weighted by Crippen LogP contribution is 2.52. The Kier molecular flexibility index (Phi) is 10.5. The van der Waals surface area contributed by atoms with Crippen molar-refractivity contribution in [1.82, 2.24) is 30.9 Å². The fourth-order valence-electron chi connectivity index (χ4n) is 8.24. The van der Waals surface area contributed by atoms with E-state index in [9.17, 15) is 27.9 Å². The number of carbonyl (C=O) groups excluding carboxylic acids is 1. The lowest BCUT2D eigenvalue weighted by atomic mass is 9.57. The number of nitrogens with one attached hydrogen (secondary N) is 4. The normalized spacial score (nSPS) is 22.1. The summed E-state index contributed by atoms with van der Waals surface area (Å²) in [6.45, 7) is 0.835. The van der Waals surface area contributed by atoms with Crippen LogP contribution in [0.5, 0.6) is 0 Å². The molecule has 3 aliphatic carbocycles. The maximum atomic E-state index is 14.3. The quantitative estimate of drug-likeness (QED) is 0.0833. The van der Waals surface area contributed by atoms with E-state index in [1.165, 1.54) is 12.1 Å². The summed E-state index contributed by atoms with van der Waals surface area (Å²) in [6.07, 6.45) is 2.59. The number of aromatic nitrogens is 3. The molecule has 0 spiro atoms. The minimum absolute atomic E-state index is 0.0156. The van der Waals surface area contributed by atoms with Gasteiger partial charge < -0.3 is 26.4 Å². The molecule has 1 aliphatic heterocycles. The van der Waals surface area contributed by atoms with Gasteiger partial charge in [0.2, 0.25) is 5.91 Å². The average molecular weight is 825 g/mol. The number of anilines is 2. The number of pyridine rings is 2. The molecule has 2 aromatic carbocycles. The number of benzene rings is 2. The van der Waals surface area contributed by atoms with Gasteiger partial charge in [0.25, 0.3) is 0 Å². The van der Waals surface area contributed by atoms with Crippen molar-refractivity contribution in [3.8, 4) is 22.4 Å². The first-order valence-electron chi connectivity index (χ1n) is 18.5. The lowest BCUT2D eigenvalue weighted by molar-refractivity contribution is -0.156. The average Bonchev–Trinajstić information content (AvgIpc) is 3.81. The first-order chi connectivity index (χ1) is 26.8. The molecule has 3 aromatic heterocycles. The zero-order valence-corrected chi connectivity index (χ0v) is 32.4. The van der Waals surface area contributed by atoms with Gasteiger partial charge in [0.05, 0.1) is 31.5 Å². The molecule has 4 aliphatic rings. The molecular formula is C40H38Cl2F3N7O3S. The molecule has 4 fully saturated rings. The number of nitrogens with zero attached hydrogens (tertiary/aromatic N) is 3. The Labute approximate surface area is 334 Å². The maximum absolute atomic E-state index is 14.3. The van der Waals surface area contributed by atoms with Gasteiger partial charge in [0, 0.05) is 60.5 Å². The maximum Gasteiger partial charge on any atom is 0.433 e. The molecule has 1 saturated heterocycles. The molecule has 3 saturated carbocycles. The van der Waals surface area contributed by atoms with E-state index in [-0.39, 0.29) is 40.3 Å². The number of rotatable bonds is 12. The SMILES string of the molecule is O=C1CC[C@@H](CNCc2ccc(-c3cccc(-c4cccc(Nc5nccc6sc(CNC78CCC(C(=O)O)(CC7)CC8)nc56)c4Cl)c3Cl)nc2C(F)(F)F)N1. The van der Waals surface area contributed by atoms with E-state index in [4.69, 9.17) is 28.2 Å². The fourth-order valence-corrected chi connectivity index (χ4v) is 9.75. The molecule has 0 radical (unpaired) electrons. The zero-order chi connectivity index (χ0) is 39.2. The third-order valence-electron chi connectivity index (χ3n) is 11.5. The molecule has 10 nitrogen and oxygen atoms in total. The number of thiazole rings is 1. The second kappa shape index (κ2) is 15.2. The molecule has 0 unspecified atom stereocenters. The summed E-state index contributed by atoms with van der Waals surface area (Å²) < 4.78 is 43.8. The van der Waals surface area contributed by atoms with E-state index in [2.05, 4.69) is 31.2 Å². The topological polar surface area (TPSA) is 141 Å². The standard InChI is InChI=1S/C40H38Cl2F3N7O3S/c41-32-24(3-1-5-26(32)27-9-7-22(35(50-27)40(43,44)45)19-46-20-23-8-10-30(53)49-23)25-4-2-6-28(33(25)42)51-36-34-29(11-18-47-36)56-31(52-34)21-48-39-15-12-38(13-16-39,14-17-39)37(54)55/h1-7,9,11,18,23,46,48H,8,10,12-17,19-21H2,(H,47,51)(H,49,53)(H,54,55)/t23-,38?,39?/m0/s1. The Morgan fingerprint density at radius 3 is 2.34 bits per heavy atom. The molecule has 9 rings (SSSR count). The van der Waals surface area contributed by atoms with Crippen LogP contribution in [-0.4, -0.2) is 50.1 Å². The van der Waals surface area contributed by atoms with Crippen molar-refractivity contribution in [3.63, 3.8) is 0 Å². The Morgan fingerprint density at radius 1 is 0.929 bits per heavy atom. The van der Waals surface area contributed by atoms with Crippen LogP contribution in [0.4, 0.5) is 24.7 Å². The van der Waals surface area contributed by atoms with Crippen LogP contribution in [-0.2, 0) is 28.9 Å². The van der Waals surface area contributed by atoms with Gasteiger partial charge in [-0.05, 0) is 68.7 Å². The summed E-state index contributed by atoms with van der Waals surface area (Å²) in [6, 6.07) is 15.2. The lowest BCUT2D eigenvalue weighted by Crippen LogP contribution is -2.56. The first-order valence-corrected chi connectivity index (χ1v) is 20.1. The molecule has 16 heteroatoms. The third kappa shape index (κ3) is 7.57. The number of aliphatic carboxylic acids is 1. The second-order valence-corrected chi connectivity index (χ2v) is 16.8. The van der Waals surface area contributed by atoms with Crippen molar-refractivity contribution in [3.05, 3.63) is 87.1 Å². The number of carboxylic acid groups (broad SMARTS) is 1. The van der Waals surface area contributed by atoms with Crippen LogP contribution in [0.1, 0.15) is 67.6 Å². The summed E-state index contributed by atoms with van der Waals surface area (Å²) in [4.78, 5) is 36.9.